The quantitative estimate of drug-likeness (QED) is 0.373. The van der Waals surface area contributed by atoms with Gasteiger partial charge in [0, 0.05) is 0 Å². The van der Waals surface area contributed by atoms with E-state index in [1.807, 2.05) is 6.07 Å². The van der Waals surface area contributed by atoms with Gasteiger partial charge in [-0.3, -0.25) is 0 Å². The first kappa shape index (κ1) is 23.3. The van der Waals surface area contributed by atoms with Crippen molar-refractivity contribution in [3.05, 3.63) is 58.7 Å². The lowest BCUT2D eigenvalue weighted by Gasteiger charge is -2.36. The Kier molecular flexibility index (Phi) is 9.07. The summed E-state index contributed by atoms with van der Waals surface area (Å²) in [5, 5.41) is 0. The van der Waals surface area contributed by atoms with Crippen molar-refractivity contribution in [3.8, 4) is 11.5 Å². The van der Waals surface area contributed by atoms with Gasteiger partial charge in [-0.2, -0.15) is 0 Å². The summed E-state index contributed by atoms with van der Waals surface area (Å²) < 4.78 is 11.7. The third-order valence-corrected chi connectivity index (χ3v) is 5.84. The highest BCUT2D eigenvalue weighted by atomic mass is 16.5. The Hall–Kier alpha value is -1.96. The maximum absolute atomic E-state index is 6.37. The van der Waals surface area contributed by atoms with Crippen molar-refractivity contribution in [1.82, 2.24) is 0 Å². The second-order valence-electron chi connectivity index (χ2n) is 9.02. The molecule has 0 saturated heterocycles. The Balaban J connectivity index is 1.76. The third kappa shape index (κ3) is 8.12. The first-order valence-corrected chi connectivity index (χ1v) is 11.1. The standard InChI is InChI=1S/C27H40O2/c1-21(2)10-7-11-22(3)12-8-13-23(4)14-9-18-27(5)19-17-24-20-25(28-6)15-16-26(24)29-27/h10,12,14-16,20H,7-9,11,13,17-19H2,1-6H3/b22-12+,23-14+. The molecule has 0 bridgehead atoms. The molecule has 0 aromatic heterocycles. The van der Waals surface area contributed by atoms with Gasteiger partial charge in [-0.25, -0.2) is 0 Å². The average molecular weight is 397 g/mol. The Morgan fingerprint density at radius 1 is 1.00 bits per heavy atom. The van der Waals surface area contributed by atoms with Crippen LogP contribution >= 0.6 is 0 Å². The van der Waals surface area contributed by atoms with Gasteiger partial charge in [-0.05, 0) is 110 Å². The maximum Gasteiger partial charge on any atom is 0.123 e. The number of aryl methyl sites for hydroxylation is 1. The lowest BCUT2D eigenvalue weighted by atomic mass is 9.88. The Morgan fingerprint density at radius 3 is 2.31 bits per heavy atom. The molecular weight excluding hydrogens is 356 g/mol. The van der Waals surface area contributed by atoms with Gasteiger partial charge >= 0.3 is 0 Å². The van der Waals surface area contributed by atoms with Gasteiger partial charge < -0.3 is 9.47 Å². The minimum absolute atomic E-state index is 0.0697. The van der Waals surface area contributed by atoms with Crippen LogP contribution < -0.4 is 9.47 Å². The summed E-state index contributed by atoms with van der Waals surface area (Å²) in [6, 6.07) is 6.15. The molecule has 1 unspecified atom stereocenters. The lowest BCUT2D eigenvalue weighted by molar-refractivity contribution is 0.0570. The molecule has 1 aromatic rings. The molecule has 2 rings (SSSR count). The van der Waals surface area contributed by atoms with E-state index in [4.69, 9.17) is 9.47 Å². The number of hydrogen-bond donors (Lipinski definition) is 0. The molecule has 0 radical (unpaired) electrons. The topological polar surface area (TPSA) is 18.5 Å². The van der Waals surface area contributed by atoms with Crippen LogP contribution in [0.25, 0.3) is 0 Å². The van der Waals surface area contributed by atoms with Crippen LogP contribution in [0.15, 0.2) is 53.1 Å². The van der Waals surface area contributed by atoms with Crippen LogP contribution in [0.1, 0.15) is 85.1 Å². The summed E-state index contributed by atoms with van der Waals surface area (Å²) >= 11 is 0. The Morgan fingerprint density at radius 2 is 1.66 bits per heavy atom. The highest BCUT2D eigenvalue weighted by molar-refractivity contribution is 5.42. The van der Waals surface area contributed by atoms with Crippen LogP contribution in [0.4, 0.5) is 0 Å². The van der Waals surface area contributed by atoms with Crippen molar-refractivity contribution in [2.45, 2.75) is 91.6 Å². The summed E-state index contributed by atoms with van der Waals surface area (Å²) in [6.45, 7) is 11.1. The number of allylic oxidation sites excluding steroid dienone is 6. The molecule has 0 N–H and O–H groups in total. The molecule has 0 saturated carbocycles. The Labute approximate surface area is 178 Å². The van der Waals surface area contributed by atoms with Gasteiger partial charge in [-0.15, -0.1) is 0 Å². The maximum atomic E-state index is 6.37. The van der Waals surface area contributed by atoms with E-state index in [-0.39, 0.29) is 5.60 Å². The van der Waals surface area contributed by atoms with Crippen LogP contribution in [0.2, 0.25) is 0 Å². The van der Waals surface area contributed by atoms with E-state index in [0.717, 1.165) is 56.4 Å². The molecule has 1 heterocycles. The van der Waals surface area contributed by atoms with Gasteiger partial charge in [-0.1, -0.05) is 34.9 Å². The van der Waals surface area contributed by atoms with E-state index in [1.165, 1.54) is 28.7 Å². The number of fused-ring (bicyclic) bond motifs is 1. The molecule has 0 spiro atoms. The number of ether oxygens (including phenoxy) is 2. The number of rotatable bonds is 10. The van der Waals surface area contributed by atoms with Crippen molar-refractivity contribution in [2.75, 3.05) is 7.11 Å². The molecule has 2 nitrogen and oxygen atoms in total. The number of methoxy groups -OCH3 is 1. The smallest absolute Gasteiger partial charge is 0.123 e. The van der Waals surface area contributed by atoms with E-state index >= 15 is 0 Å². The van der Waals surface area contributed by atoms with Gasteiger partial charge in [0.15, 0.2) is 0 Å². The van der Waals surface area contributed by atoms with Gasteiger partial charge in [0.1, 0.15) is 17.1 Å². The lowest BCUT2D eigenvalue weighted by Crippen LogP contribution is -2.36. The largest absolute Gasteiger partial charge is 0.497 e. The fourth-order valence-corrected chi connectivity index (χ4v) is 3.83. The van der Waals surface area contributed by atoms with Gasteiger partial charge in [0.05, 0.1) is 7.11 Å². The van der Waals surface area contributed by atoms with Crippen molar-refractivity contribution in [1.29, 1.82) is 0 Å². The molecule has 160 valence electrons. The van der Waals surface area contributed by atoms with E-state index in [1.54, 1.807) is 7.11 Å². The van der Waals surface area contributed by atoms with Crippen LogP contribution in [-0.2, 0) is 6.42 Å². The van der Waals surface area contributed by atoms with Crippen molar-refractivity contribution in [2.24, 2.45) is 0 Å². The first-order valence-electron chi connectivity index (χ1n) is 11.1. The summed E-state index contributed by atoms with van der Waals surface area (Å²) in [5.74, 6) is 1.93. The zero-order chi connectivity index (χ0) is 21.3. The minimum atomic E-state index is -0.0697. The molecule has 2 heteroatoms. The third-order valence-electron chi connectivity index (χ3n) is 5.84. The van der Waals surface area contributed by atoms with Crippen molar-refractivity contribution in [3.63, 3.8) is 0 Å². The first-order chi connectivity index (χ1) is 13.8. The number of benzene rings is 1. The molecule has 1 atom stereocenters. The fourth-order valence-electron chi connectivity index (χ4n) is 3.83. The predicted molar refractivity (Wildman–Crippen MR) is 125 cm³/mol. The van der Waals surface area contributed by atoms with Crippen LogP contribution in [0.5, 0.6) is 11.5 Å². The highest BCUT2D eigenvalue weighted by Crippen LogP contribution is 2.37. The molecule has 1 aliphatic rings. The normalized spacial score (nSPS) is 19.4. The van der Waals surface area contributed by atoms with Crippen molar-refractivity contribution < 1.29 is 9.47 Å². The van der Waals surface area contributed by atoms with E-state index in [9.17, 15) is 0 Å². The molecule has 0 amide bonds. The molecule has 1 aromatic carbocycles. The molecule has 29 heavy (non-hydrogen) atoms. The SMILES string of the molecule is COc1ccc2c(c1)CCC(C)(CC/C=C(\C)CC/C=C(\C)CCC=C(C)C)O2. The van der Waals surface area contributed by atoms with E-state index in [2.05, 4.69) is 65.0 Å². The van der Waals surface area contributed by atoms with E-state index in [0.29, 0.717) is 0 Å². The summed E-state index contributed by atoms with van der Waals surface area (Å²) in [4.78, 5) is 0. The van der Waals surface area contributed by atoms with Gasteiger partial charge in [0.25, 0.3) is 0 Å². The second-order valence-corrected chi connectivity index (χ2v) is 9.02. The fraction of sp³-hybridized carbons (Fsp3) is 0.556. The van der Waals surface area contributed by atoms with Crippen LogP contribution in [-0.4, -0.2) is 12.7 Å². The number of hydrogen-bond acceptors (Lipinski definition) is 2. The molecule has 1 aliphatic heterocycles. The van der Waals surface area contributed by atoms with Crippen LogP contribution in [0, 0.1) is 0 Å². The van der Waals surface area contributed by atoms with E-state index < -0.39 is 0 Å². The summed E-state index contributed by atoms with van der Waals surface area (Å²) in [6.07, 6.45) is 16.0. The zero-order valence-electron chi connectivity index (χ0n) is 19.4. The van der Waals surface area contributed by atoms with Crippen LogP contribution in [0.3, 0.4) is 0 Å². The monoisotopic (exact) mass is 396 g/mol. The average Bonchev–Trinajstić information content (AvgIpc) is 2.67. The highest BCUT2D eigenvalue weighted by Gasteiger charge is 2.30. The summed E-state index contributed by atoms with van der Waals surface area (Å²) in [5.41, 5.74) is 5.60. The molecule has 0 fully saturated rings. The second kappa shape index (κ2) is 11.3. The van der Waals surface area contributed by atoms with Gasteiger partial charge in [0.2, 0.25) is 0 Å². The molecular formula is C27H40O2. The summed E-state index contributed by atoms with van der Waals surface area (Å²) in [7, 11) is 1.71. The van der Waals surface area contributed by atoms with Crippen molar-refractivity contribution >= 4 is 0 Å². The predicted octanol–water partition coefficient (Wildman–Crippen LogP) is 7.98. The zero-order valence-corrected chi connectivity index (χ0v) is 19.4. The Bertz CT molecular complexity index is 750. The minimum Gasteiger partial charge on any atom is -0.497 e. The molecule has 0 aliphatic carbocycles.